The van der Waals surface area contributed by atoms with E-state index < -0.39 is 0 Å². The normalized spacial score (nSPS) is 14.4. The number of aromatic nitrogens is 3. The van der Waals surface area contributed by atoms with Gasteiger partial charge >= 0.3 is 0 Å². The minimum absolute atomic E-state index is 0.0218. The number of para-hydroxylation sites is 1. The van der Waals surface area contributed by atoms with Crippen molar-refractivity contribution >= 4 is 28.3 Å². The first kappa shape index (κ1) is 22.0. The van der Waals surface area contributed by atoms with Crippen molar-refractivity contribution in [3.63, 3.8) is 0 Å². The van der Waals surface area contributed by atoms with E-state index >= 15 is 0 Å². The highest BCUT2D eigenvalue weighted by atomic mass is 16.2. The minimum Gasteiger partial charge on any atom is -0.353 e. The van der Waals surface area contributed by atoms with Crippen LogP contribution >= 0.6 is 0 Å². The molecule has 0 unspecified atom stereocenters. The fraction of sp³-hybridized carbons (Fsp3) is 0.259. The molecule has 1 aliphatic rings. The summed E-state index contributed by atoms with van der Waals surface area (Å²) in [6.07, 6.45) is 3.54. The maximum Gasteiger partial charge on any atom is 0.238 e. The van der Waals surface area contributed by atoms with Crippen LogP contribution in [-0.2, 0) is 4.79 Å². The molecular formula is C27H28N6O. The zero-order valence-electron chi connectivity index (χ0n) is 19.5. The molecule has 3 heterocycles. The smallest absolute Gasteiger partial charge is 0.238 e. The fourth-order valence-electron chi connectivity index (χ4n) is 4.32. The summed E-state index contributed by atoms with van der Waals surface area (Å²) in [4.78, 5) is 31.1. The molecule has 2 aromatic heterocycles. The molecule has 1 amide bonds. The van der Waals surface area contributed by atoms with Gasteiger partial charge in [-0.2, -0.15) is 0 Å². The van der Waals surface area contributed by atoms with E-state index in [9.17, 15) is 4.79 Å². The van der Waals surface area contributed by atoms with Crippen molar-refractivity contribution in [3.8, 4) is 11.4 Å². The third-order valence-electron chi connectivity index (χ3n) is 6.42. The molecular weight excluding hydrogens is 424 g/mol. The van der Waals surface area contributed by atoms with Gasteiger partial charge in [0.1, 0.15) is 5.82 Å². The number of pyridine rings is 1. The van der Waals surface area contributed by atoms with Gasteiger partial charge in [-0.3, -0.25) is 14.7 Å². The van der Waals surface area contributed by atoms with Gasteiger partial charge in [-0.25, -0.2) is 9.97 Å². The van der Waals surface area contributed by atoms with Crippen LogP contribution in [0.1, 0.15) is 11.1 Å². The first-order chi connectivity index (χ1) is 16.6. The van der Waals surface area contributed by atoms with Gasteiger partial charge in [0.25, 0.3) is 0 Å². The summed E-state index contributed by atoms with van der Waals surface area (Å²) in [5.74, 6) is 1.63. The van der Waals surface area contributed by atoms with Crippen molar-refractivity contribution < 1.29 is 4.79 Å². The lowest BCUT2D eigenvalue weighted by atomic mass is 10.1. The second-order valence-corrected chi connectivity index (χ2v) is 8.69. The molecule has 2 aromatic carbocycles. The molecule has 0 aliphatic carbocycles. The number of aryl methyl sites for hydroxylation is 1. The summed E-state index contributed by atoms with van der Waals surface area (Å²) in [5.41, 5.74) is 4.99. The van der Waals surface area contributed by atoms with E-state index in [1.54, 1.807) is 12.4 Å². The molecule has 172 valence electrons. The summed E-state index contributed by atoms with van der Waals surface area (Å²) in [6.45, 7) is 7.65. The van der Waals surface area contributed by atoms with Crippen LogP contribution in [0.3, 0.4) is 0 Å². The first-order valence-corrected chi connectivity index (χ1v) is 11.6. The van der Waals surface area contributed by atoms with Gasteiger partial charge in [-0.05, 0) is 55.3 Å². The Hall–Kier alpha value is -3.84. The van der Waals surface area contributed by atoms with Crippen LogP contribution in [0.15, 0.2) is 67.0 Å². The Balaban J connectivity index is 1.29. The van der Waals surface area contributed by atoms with Gasteiger partial charge in [-0.1, -0.05) is 24.3 Å². The molecule has 7 heteroatoms. The Morgan fingerprint density at radius 1 is 0.941 bits per heavy atom. The summed E-state index contributed by atoms with van der Waals surface area (Å²) in [7, 11) is 0. The Bertz CT molecular complexity index is 1320. The zero-order chi connectivity index (χ0) is 23.5. The number of fused-ring (bicyclic) bond motifs is 1. The molecule has 0 radical (unpaired) electrons. The van der Waals surface area contributed by atoms with Crippen LogP contribution in [0.4, 0.5) is 11.5 Å². The average molecular weight is 453 g/mol. The molecule has 1 aliphatic heterocycles. The van der Waals surface area contributed by atoms with Crippen LogP contribution in [-0.4, -0.2) is 58.5 Å². The fourth-order valence-corrected chi connectivity index (χ4v) is 4.32. The monoisotopic (exact) mass is 452 g/mol. The molecule has 7 nitrogen and oxygen atoms in total. The lowest BCUT2D eigenvalue weighted by Gasteiger charge is -2.35. The predicted octanol–water partition coefficient (Wildman–Crippen LogP) is 4.07. The number of rotatable bonds is 5. The van der Waals surface area contributed by atoms with Gasteiger partial charge in [0.15, 0.2) is 5.82 Å². The van der Waals surface area contributed by atoms with Crippen molar-refractivity contribution in [1.82, 2.24) is 19.9 Å². The van der Waals surface area contributed by atoms with Crippen molar-refractivity contribution in [2.45, 2.75) is 13.8 Å². The Kier molecular flexibility index (Phi) is 6.18. The molecule has 4 aromatic rings. The third kappa shape index (κ3) is 4.61. The van der Waals surface area contributed by atoms with E-state index in [-0.39, 0.29) is 5.91 Å². The number of benzene rings is 2. The first-order valence-electron chi connectivity index (χ1n) is 11.6. The van der Waals surface area contributed by atoms with Crippen LogP contribution < -0.4 is 10.2 Å². The number of carbonyl (C=O) groups is 1. The van der Waals surface area contributed by atoms with E-state index in [0.717, 1.165) is 59.7 Å². The van der Waals surface area contributed by atoms with Crippen LogP contribution in [0.2, 0.25) is 0 Å². The summed E-state index contributed by atoms with van der Waals surface area (Å²) in [5, 5.41) is 4.11. The number of hydrogen-bond donors (Lipinski definition) is 1. The number of anilines is 2. The third-order valence-corrected chi connectivity index (χ3v) is 6.42. The lowest BCUT2D eigenvalue weighted by molar-refractivity contribution is -0.117. The van der Waals surface area contributed by atoms with Gasteiger partial charge < -0.3 is 10.2 Å². The highest BCUT2D eigenvalue weighted by Crippen LogP contribution is 2.28. The van der Waals surface area contributed by atoms with Gasteiger partial charge in [0.05, 0.1) is 12.1 Å². The number of nitrogens with zero attached hydrogens (tertiary/aromatic N) is 5. The van der Waals surface area contributed by atoms with E-state index in [2.05, 4.69) is 39.2 Å². The van der Waals surface area contributed by atoms with Crippen LogP contribution in [0.5, 0.6) is 0 Å². The van der Waals surface area contributed by atoms with E-state index in [0.29, 0.717) is 12.4 Å². The standard InChI is InChI=1S/C27H28N6O/c1-19-7-5-11-23(20(19)2)29-25(34)18-32-13-15-33(16-14-32)27-22-9-3-4-10-24(22)30-26(31-27)21-8-6-12-28-17-21/h3-12,17H,13-16,18H2,1-2H3,(H,29,34). The second kappa shape index (κ2) is 9.57. The van der Waals surface area contributed by atoms with Crippen LogP contribution in [0.25, 0.3) is 22.3 Å². The van der Waals surface area contributed by atoms with Crippen molar-refractivity contribution in [3.05, 3.63) is 78.1 Å². The number of amides is 1. The number of nitrogens with one attached hydrogen (secondary N) is 1. The summed E-state index contributed by atoms with van der Waals surface area (Å²) >= 11 is 0. The lowest BCUT2D eigenvalue weighted by Crippen LogP contribution is -2.49. The molecule has 0 bridgehead atoms. The molecule has 0 saturated carbocycles. The SMILES string of the molecule is Cc1cccc(NC(=O)CN2CCN(c3nc(-c4cccnc4)nc4ccccc34)CC2)c1C. The minimum atomic E-state index is 0.0218. The molecule has 0 spiro atoms. The van der Waals surface area contributed by atoms with Gasteiger partial charge in [0, 0.05) is 55.2 Å². The molecule has 1 N–H and O–H groups in total. The number of hydrogen-bond acceptors (Lipinski definition) is 6. The highest BCUT2D eigenvalue weighted by molar-refractivity contribution is 5.93. The predicted molar refractivity (Wildman–Crippen MR) is 136 cm³/mol. The zero-order valence-corrected chi connectivity index (χ0v) is 19.5. The van der Waals surface area contributed by atoms with Crippen molar-refractivity contribution in [1.29, 1.82) is 0 Å². The Labute approximate surface area is 199 Å². The molecule has 0 atom stereocenters. The Morgan fingerprint density at radius 3 is 2.56 bits per heavy atom. The molecule has 1 fully saturated rings. The van der Waals surface area contributed by atoms with E-state index in [1.807, 2.05) is 49.4 Å². The summed E-state index contributed by atoms with van der Waals surface area (Å²) in [6, 6.07) is 18.0. The van der Waals surface area contributed by atoms with Crippen molar-refractivity contribution in [2.75, 3.05) is 42.9 Å². The molecule has 1 saturated heterocycles. The largest absolute Gasteiger partial charge is 0.353 e. The molecule has 34 heavy (non-hydrogen) atoms. The second-order valence-electron chi connectivity index (χ2n) is 8.69. The van der Waals surface area contributed by atoms with Crippen LogP contribution in [0, 0.1) is 13.8 Å². The highest BCUT2D eigenvalue weighted by Gasteiger charge is 2.22. The molecule has 5 rings (SSSR count). The van der Waals surface area contributed by atoms with Gasteiger partial charge in [-0.15, -0.1) is 0 Å². The quantitative estimate of drug-likeness (QED) is 0.492. The Morgan fingerprint density at radius 2 is 1.76 bits per heavy atom. The van der Waals surface area contributed by atoms with Gasteiger partial charge in [0.2, 0.25) is 5.91 Å². The maximum absolute atomic E-state index is 12.7. The maximum atomic E-state index is 12.7. The number of piperazine rings is 1. The van der Waals surface area contributed by atoms with Crippen molar-refractivity contribution in [2.24, 2.45) is 0 Å². The summed E-state index contributed by atoms with van der Waals surface area (Å²) < 4.78 is 0. The van der Waals surface area contributed by atoms with E-state index in [4.69, 9.17) is 9.97 Å². The number of carbonyl (C=O) groups excluding carboxylic acids is 1. The topological polar surface area (TPSA) is 74.2 Å². The van der Waals surface area contributed by atoms with E-state index in [1.165, 1.54) is 5.56 Å². The average Bonchev–Trinajstić information content (AvgIpc) is 2.87.